The average Bonchev–Trinajstić information content (AvgIpc) is 3.25. The number of nitrogens with zero attached hydrogens (tertiary/aromatic N) is 3. The number of aromatic amines is 1. The lowest BCUT2D eigenvalue weighted by atomic mass is 10.1. The van der Waals surface area contributed by atoms with Crippen molar-refractivity contribution in [1.29, 1.82) is 0 Å². The van der Waals surface area contributed by atoms with E-state index in [-0.39, 0.29) is 17.9 Å². The number of carbonyl (C=O) groups is 1. The molecule has 0 unspecified atom stereocenters. The molecule has 0 bridgehead atoms. The van der Waals surface area contributed by atoms with Gasteiger partial charge < -0.3 is 4.57 Å². The zero-order valence-corrected chi connectivity index (χ0v) is 13.8. The molecule has 2 N–H and O–H groups in total. The first-order chi connectivity index (χ1) is 11.6. The zero-order chi connectivity index (χ0) is 16.9. The summed E-state index contributed by atoms with van der Waals surface area (Å²) < 4.78 is 1.90. The minimum Gasteiger partial charge on any atom is -0.342 e. The van der Waals surface area contributed by atoms with Gasteiger partial charge >= 0.3 is 0 Å². The van der Waals surface area contributed by atoms with Crippen molar-refractivity contribution < 1.29 is 4.79 Å². The highest BCUT2D eigenvalue weighted by molar-refractivity contribution is 5.92. The summed E-state index contributed by atoms with van der Waals surface area (Å²) in [5, 5.41) is 9.73. The molecule has 24 heavy (non-hydrogen) atoms. The predicted octanol–water partition coefficient (Wildman–Crippen LogP) is 3.15. The first-order valence-electron chi connectivity index (χ1n) is 8.03. The molecule has 0 aliphatic carbocycles. The summed E-state index contributed by atoms with van der Waals surface area (Å²) in [6.45, 7) is 4.04. The van der Waals surface area contributed by atoms with E-state index in [0.717, 1.165) is 11.4 Å². The molecule has 6 nitrogen and oxygen atoms in total. The van der Waals surface area contributed by atoms with E-state index in [1.807, 2.05) is 73.3 Å². The van der Waals surface area contributed by atoms with Gasteiger partial charge in [-0.05, 0) is 17.7 Å². The minimum atomic E-state index is -0.358. The van der Waals surface area contributed by atoms with Crippen molar-refractivity contribution in [3.05, 3.63) is 66.2 Å². The number of benzene rings is 1. The second-order valence-electron chi connectivity index (χ2n) is 6.02. The predicted molar refractivity (Wildman–Crippen MR) is 92.7 cm³/mol. The highest BCUT2D eigenvalue weighted by Gasteiger charge is 2.22. The molecule has 2 aromatic heterocycles. The molecule has 1 amide bonds. The summed E-state index contributed by atoms with van der Waals surface area (Å²) >= 11 is 0. The quantitative estimate of drug-likeness (QED) is 0.731. The number of hydrogen-bond donors (Lipinski definition) is 2. The van der Waals surface area contributed by atoms with Gasteiger partial charge in [-0.3, -0.25) is 15.2 Å². The van der Waals surface area contributed by atoms with Crippen LogP contribution < -0.4 is 5.32 Å². The van der Waals surface area contributed by atoms with Crippen molar-refractivity contribution in [3.63, 3.8) is 0 Å². The summed E-state index contributed by atoms with van der Waals surface area (Å²) in [6, 6.07) is 13.4. The fourth-order valence-corrected chi connectivity index (χ4v) is 2.51. The standard InChI is InChI=1S/C18H21N5O/c1-13(2)16-19-18(22-21-16)20-17(24)15(23-10-6-7-11-23)12-14-8-4-3-5-9-14/h3-11,13,15H,12H2,1-2H3,(H2,19,20,21,22,24)/t15-/m1/s1. The first kappa shape index (κ1) is 16.0. The Balaban J connectivity index is 1.78. The third kappa shape index (κ3) is 3.71. The van der Waals surface area contributed by atoms with Gasteiger partial charge in [-0.25, -0.2) is 0 Å². The number of anilines is 1. The van der Waals surface area contributed by atoms with E-state index >= 15 is 0 Å². The number of aromatic nitrogens is 4. The van der Waals surface area contributed by atoms with Gasteiger partial charge in [0.15, 0.2) is 0 Å². The average molecular weight is 323 g/mol. The molecule has 3 aromatic rings. The largest absolute Gasteiger partial charge is 0.342 e. The van der Waals surface area contributed by atoms with E-state index < -0.39 is 0 Å². The highest BCUT2D eigenvalue weighted by Crippen LogP contribution is 2.17. The third-order valence-electron chi connectivity index (χ3n) is 3.85. The normalized spacial score (nSPS) is 12.3. The number of H-pyrrole nitrogens is 1. The monoisotopic (exact) mass is 323 g/mol. The van der Waals surface area contributed by atoms with Crippen LogP contribution in [-0.4, -0.2) is 25.7 Å². The van der Waals surface area contributed by atoms with Gasteiger partial charge in [0.2, 0.25) is 11.9 Å². The third-order valence-corrected chi connectivity index (χ3v) is 3.85. The van der Waals surface area contributed by atoms with E-state index in [4.69, 9.17) is 0 Å². The Morgan fingerprint density at radius 1 is 1.17 bits per heavy atom. The van der Waals surface area contributed by atoms with Crippen molar-refractivity contribution >= 4 is 11.9 Å². The Bertz CT molecular complexity index is 777. The lowest BCUT2D eigenvalue weighted by Crippen LogP contribution is -2.27. The molecule has 0 saturated heterocycles. The van der Waals surface area contributed by atoms with E-state index in [2.05, 4.69) is 20.5 Å². The molecule has 124 valence electrons. The summed E-state index contributed by atoms with van der Waals surface area (Å²) in [6.07, 6.45) is 4.39. The highest BCUT2D eigenvalue weighted by atomic mass is 16.2. The molecule has 0 fully saturated rings. The molecule has 3 rings (SSSR count). The molecular formula is C18H21N5O. The molecular weight excluding hydrogens is 302 g/mol. The van der Waals surface area contributed by atoms with Crippen LogP contribution in [0.2, 0.25) is 0 Å². The number of nitrogens with one attached hydrogen (secondary N) is 2. The van der Waals surface area contributed by atoms with Crippen molar-refractivity contribution in [2.75, 3.05) is 5.32 Å². The van der Waals surface area contributed by atoms with Gasteiger partial charge in [0.1, 0.15) is 11.9 Å². The second kappa shape index (κ2) is 7.12. The lowest BCUT2D eigenvalue weighted by Gasteiger charge is -2.17. The molecule has 0 radical (unpaired) electrons. The van der Waals surface area contributed by atoms with Gasteiger partial charge in [0.25, 0.3) is 0 Å². The minimum absolute atomic E-state index is 0.135. The van der Waals surface area contributed by atoms with Crippen LogP contribution in [0.25, 0.3) is 0 Å². The topological polar surface area (TPSA) is 75.6 Å². The first-order valence-corrected chi connectivity index (χ1v) is 8.03. The molecule has 0 saturated carbocycles. The van der Waals surface area contributed by atoms with Crippen LogP contribution in [0.1, 0.15) is 37.2 Å². The van der Waals surface area contributed by atoms with Gasteiger partial charge in [-0.15, -0.1) is 5.10 Å². The van der Waals surface area contributed by atoms with Crippen LogP contribution >= 0.6 is 0 Å². The molecule has 1 atom stereocenters. The molecule has 0 aliphatic heterocycles. The van der Waals surface area contributed by atoms with Crippen molar-refractivity contribution in [1.82, 2.24) is 19.7 Å². The maximum atomic E-state index is 12.8. The van der Waals surface area contributed by atoms with Crippen LogP contribution in [0.3, 0.4) is 0 Å². The smallest absolute Gasteiger partial charge is 0.250 e. The fraction of sp³-hybridized carbons (Fsp3) is 0.278. The fourth-order valence-electron chi connectivity index (χ4n) is 2.51. The Hall–Kier alpha value is -2.89. The van der Waals surface area contributed by atoms with E-state index in [9.17, 15) is 4.79 Å². The Morgan fingerprint density at radius 3 is 2.50 bits per heavy atom. The summed E-state index contributed by atoms with van der Waals surface area (Å²) in [5.74, 6) is 1.16. The summed E-state index contributed by atoms with van der Waals surface area (Å²) in [4.78, 5) is 17.1. The molecule has 0 aliphatic rings. The van der Waals surface area contributed by atoms with Crippen LogP contribution in [0.4, 0.5) is 5.95 Å². The Labute approximate surface area is 140 Å². The lowest BCUT2D eigenvalue weighted by molar-refractivity contribution is -0.119. The maximum Gasteiger partial charge on any atom is 0.250 e. The number of carbonyl (C=O) groups excluding carboxylic acids is 1. The van der Waals surface area contributed by atoms with Crippen molar-refractivity contribution in [3.8, 4) is 0 Å². The molecule has 1 aromatic carbocycles. The maximum absolute atomic E-state index is 12.8. The van der Waals surface area contributed by atoms with E-state index in [1.165, 1.54) is 0 Å². The van der Waals surface area contributed by atoms with Crippen LogP contribution in [0.15, 0.2) is 54.9 Å². The number of amides is 1. The SMILES string of the molecule is CC(C)c1nc(NC(=O)[C@@H](Cc2ccccc2)n2cccc2)n[nH]1. The van der Waals surface area contributed by atoms with Gasteiger partial charge in [-0.1, -0.05) is 44.2 Å². The van der Waals surface area contributed by atoms with Gasteiger partial charge in [-0.2, -0.15) is 4.98 Å². The Kier molecular flexibility index (Phi) is 4.74. The van der Waals surface area contributed by atoms with E-state index in [1.54, 1.807) is 0 Å². The Morgan fingerprint density at radius 2 is 1.88 bits per heavy atom. The summed E-state index contributed by atoms with van der Waals surface area (Å²) in [5.41, 5.74) is 1.10. The van der Waals surface area contributed by atoms with Crippen LogP contribution in [0, 0.1) is 0 Å². The number of hydrogen-bond acceptors (Lipinski definition) is 3. The van der Waals surface area contributed by atoms with Crippen molar-refractivity contribution in [2.45, 2.75) is 32.2 Å². The molecule has 0 spiro atoms. The van der Waals surface area contributed by atoms with Crippen LogP contribution in [0.5, 0.6) is 0 Å². The van der Waals surface area contributed by atoms with Gasteiger partial charge in [0, 0.05) is 24.7 Å². The molecule has 6 heteroatoms. The van der Waals surface area contributed by atoms with Gasteiger partial charge in [0.05, 0.1) is 0 Å². The molecule has 2 heterocycles. The second-order valence-corrected chi connectivity index (χ2v) is 6.02. The van der Waals surface area contributed by atoms with E-state index in [0.29, 0.717) is 12.4 Å². The zero-order valence-electron chi connectivity index (χ0n) is 13.8. The summed E-state index contributed by atoms with van der Waals surface area (Å²) in [7, 11) is 0. The number of rotatable bonds is 6. The van der Waals surface area contributed by atoms with Crippen LogP contribution in [-0.2, 0) is 11.2 Å². The van der Waals surface area contributed by atoms with Crippen molar-refractivity contribution in [2.24, 2.45) is 0 Å².